The van der Waals surface area contributed by atoms with Gasteiger partial charge in [0.2, 0.25) is 0 Å². The monoisotopic (exact) mass is 169 g/mol. The van der Waals surface area contributed by atoms with Crippen LogP contribution in [0.25, 0.3) is 0 Å². The molecule has 0 bridgehead atoms. The van der Waals surface area contributed by atoms with Crippen molar-refractivity contribution in [1.82, 2.24) is 4.98 Å². The van der Waals surface area contributed by atoms with E-state index in [1.165, 1.54) is 6.39 Å². The molecule has 1 aromatic rings. The molecule has 12 heavy (non-hydrogen) atoms. The number of hydrogen-bond acceptors (Lipinski definition) is 3. The van der Waals surface area contributed by atoms with Crippen LogP contribution in [-0.2, 0) is 0 Å². The first-order valence-corrected chi connectivity index (χ1v) is 4.35. The van der Waals surface area contributed by atoms with Gasteiger partial charge in [-0.1, -0.05) is 13.8 Å². The lowest BCUT2D eigenvalue weighted by atomic mass is 10.1. The Labute approximate surface area is 72.7 Å². The van der Waals surface area contributed by atoms with Gasteiger partial charge in [-0.25, -0.2) is 4.98 Å². The van der Waals surface area contributed by atoms with Gasteiger partial charge in [-0.3, -0.25) is 0 Å². The minimum absolute atomic E-state index is 0.408. The Bertz CT molecular complexity index is 232. The fourth-order valence-corrected chi connectivity index (χ4v) is 1.00. The van der Waals surface area contributed by atoms with E-state index < -0.39 is 0 Å². The molecule has 0 saturated heterocycles. The van der Waals surface area contributed by atoms with Crippen LogP contribution in [0.2, 0.25) is 0 Å². The number of nitrogens with zero attached hydrogens (tertiary/aromatic N) is 1. The maximum Gasteiger partial charge on any atom is 0.308 e. The third kappa shape index (κ3) is 1.78. The van der Waals surface area contributed by atoms with Gasteiger partial charge in [0.1, 0.15) is 5.69 Å². The third-order valence-corrected chi connectivity index (χ3v) is 1.92. The zero-order valence-corrected chi connectivity index (χ0v) is 7.83. The minimum Gasteiger partial charge on any atom is -0.464 e. The van der Waals surface area contributed by atoms with Gasteiger partial charge < -0.3 is 9.15 Å². The lowest BCUT2D eigenvalue weighted by Crippen LogP contribution is -1.97. The molecule has 0 aliphatic carbocycles. The Morgan fingerprint density at radius 2 is 2.33 bits per heavy atom. The number of ether oxygens (including phenoxy) is 1. The molecule has 0 amide bonds. The molecule has 0 aliphatic heterocycles. The highest BCUT2D eigenvalue weighted by Gasteiger charge is 2.14. The van der Waals surface area contributed by atoms with E-state index in [2.05, 4.69) is 18.8 Å². The van der Waals surface area contributed by atoms with Crippen LogP contribution >= 0.6 is 0 Å². The van der Waals surface area contributed by atoms with Crippen molar-refractivity contribution >= 4 is 0 Å². The van der Waals surface area contributed by atoms with Crippen molar-refractivity contribution in [2.75, 3.05) is 6.61 Å². The molecule has 1 rings (SSSR count). The van der Waals surface area contributed by atoms with E-state index in [0.717, 1.165) is 12.1 Å². The van der Waals surface area contributed by atoms with Gasteiger partial charge in [0.05, 0.1) is 6.61 Å². The van der Waals surface area contributed by atoms with Gasteiger partial charge in [-0.05, 0) is 13.3 Å². The van der Waals surface area contributed by atoms with Crippen molar-refractivity contribution in [1.29, 1.82) is 0 Å². The second-order valence-electron chi connectivity index (χ2n) is 2.77. The van der Waals surface area contributed by atoms with Gasteiger partial charge in [0.15, 0.2) is 6.39 Å². The summed E-state index contributed by atoms with van der Waals surface area (Å²) in [7, 11) is 0. The van der Waals surface area contributed by atoms with Crippen molar-refractivity contribution in [3.63, 3.8) is 0 Å². The van der Waals surface area contributed by atoms with Crippen molar-refractivity contribution in [2.24, 2.45) is 0 Å². The zero-order chi connectivity index (χ0) is 8.97. The quantitative estimate of drug-likeness (QED) is 0.694. The maximum atomic E-state index is 5.27. The topological polar surface area (TPSA) is 35.3 Å². The summed E-state index contributed by atoms with van der Waals surface area (Å²) in [6.45, 7) is 6.79. The normalized spacial score (nSPS) is 12.9. The predicted molar refractivity (Wildman–Crippen MR) is 46.4 cm³/mol. The molecular weight excluding hydrogens is 154 g/mol. The summed E-state index contributed by atoms with van der Waals surface area (Å²) >= 11 is 0. The highest BCUT2D eigenvalue weighted by atomic mass is 16.6. The Hall–Kier alpha value is -0.990. The Morgan fingerprint density at radius 1 is 1.58 bits per heavy atom. The molecule has 0 spiro atoms. The first-order chi connectivity index (χ1) is 5.79. The Morgan fingerprint density at radius 3 is 2.92 bits per heavy atom. The smallest absolute Gasteiger partial charge is 0.308 e. The third-order valence-electron chi connectivity index (χ3n) is 1.92. The van der Waals surface area contributed by atoms with Crippen molar-refractivity contribution < 1.29 is 9.15 Å². The van der Waals surface area contributed by atoms with Crippen molar-refractivity contribution in [2.45, 2.75) is 33.1 Å². The summed E-state index contributed by atoms with van der Waals surface area (Å²) in [5.41, 5.74) is 0.930. The fraction of sp³-hybridized carbons (Fsp3) is 0.667. The van der Waals surface area contributed by atoms with Gasteiger partial charge in [0, 0.05) is 5.92 Å². The van der Waals surface area contributed by atoms with Crippen LogP contribution in [0.15, 0.2) is 10.8 Å². The van der Waals surface area contributed by atoms with E-state index in [9.17, 15) is 0 Å². The molecule has 3 heteroatoms. The molecule has 1 aromatic heterocycles. The number of rotatable bonds is 4. The number of aromatic nitrogens is 1. The summed E-state index contributed by atoms with van der Waals surface area (Å²) in [6, 6.07) is 0. The molecule has 1 heterocycles. The number of oxazole rings is 1. The first-order valence-electron chi connectivity index (χ1n) is 4.35. The fourth-order valence-electron chi connectivity index (χ4n) is 1.00. The second kappa shape index (κ2) is 4.14. The summed E-state index contributed by atoms with van der Waals surface area (Å²) in [5, 5.41) is 0. The van der Waals surface area contributed by atoms with E-state index >= 15 is 0 Å². The van der Waals surface area contributed by atoms with Crippen LogP contribution in [-0.4, -0.2) is 11.6 Å². The number of hydrogen-bond donors (Lipinski definition) is 0. The molecular formula is C9H15NO2. The largest absolute Gasteiger partial charge is 0.464 e. The summed E-state index contributed by atoms with van der Waals surface area (Å²) in [5.74, 6) is 0.983. The standard InChI is InChI=1S/C9H15NO2/c1-4-7(3)8-9(11-5-2)12-6-10-8/h6-7H,4-5H2,1-3H3. The van der Waals surface area contributed by atoms with E-state index in [4.69, 9.17) is 9.15 Å². The van der Waals surface area contributed by atoms with E-state index in [1.54, 1.807) is 0 Å². The Balaban J connectivity index is 2.76. The average Bonchev–Trinajstić information content (AvgIpc) is 2.52. The van der Waals surface area contributed by atoms with Crippen LogP contribution in [0.3, 0.4) is 0 Å². The molecule has 3 nitrogen and oxygen atoms in total. The van der Waals surface area contributed by atoms with Crippen molar-refractivity contribution in [3.8, 4) is 5.95 Å². The molecule has 0 aromatic carbocycles. The highest BCUT2D eigenvalue weighted by Crippen LogP contribution is 2.26. The van der Waals surface area contributed by atoms with E-state index in [0.29, 0.717) is 18.5 Å². The average molecular weight is 169 g/mol. The first kappa shape index (κ1) is 9.10. The molecule has 0 aliphatic rings. The summed E-state index contributed by atoms with van der Waals surface area (Å²) in [6.07, 6.45) is 2.49. The minimum atomic E-state index is 0.408. The molecule has 0 N–H and O–H groups in total. The van der Waals surface area contributed by atoms with Crippen LogP contribution in [0, 0.1) is 0 Å². The van der Waals surface area contributed by atoms with Crippen LogP contribution in [0.5, 0.6) is 5.95 Å². The molecule has 1 unspecified atom stereocenters. The summed E-state index contributed by atoms with van der Waals surface area (Å²) < 4.78 is 10.4. The SMILES string of the molecule is CCOc1ocnc1C(C)CC. The van der Waals surface area contributed by atoms with E-state index in [1.807, 2.05) is 6.92 Å². The van der Waals surface area contributed by atoms with Gasteiger partial charge in [-0.15, -0.1) is 0 Å². The highest BCUT2D eigenvalue weighted by molar-refractivity contribution is 5.17. The zero-order valence-electron chi connectivity index (χ0n) is 7.83. The Kier molecular flexibility index (Phi) is 3.14. The van der Waals surface area contributed by atoms with E-state index in [-0.39, 0.29) is 0 Å². The molecule has 0 radical (unpaired) electrons. The van der Waals surface area contributed by atoms with Gasteiger partial charge >= 0.3 is 5.95 Å². The lowest BCUT2D eigenvalue weighted by Gasteiger charge is -2.05. The molecule has 0 saturated carbocycles. The van der Waals surface area contributed by atoms with Crippen LogP contribution in [0.4, 0.5) is 0 Å². The van der Waals surface area contributed by atoms with Gasteiger partial charge in [0.25, 0.3) is 0 Å². The predicted octanol–water partition coefficient (Wildman–Crippen LogP) is 2.59. The van der Waals surface area contributed by atoms with Crippen molar-refractivity contribution in [3.05, 3.63) is 12.1 Å². The molecule has 0 fully saturated rings. The molecule has 1 atom stereocenters. The van der Waals surface area contributed by atoms with Crippen LogP contribution in [0.1, 0.15) is 38.8 Å². The maximum absolute atomic E-state index is 5.27. The molecule has 68 valence electrons. The lowest BCUT2D eigenvalue weighted by molar-refractivity contribution is 0.252. The van der Waals surface area contributed by atoms with Gasteiger partial charge in [-0.2, -0.15) is 0 Å². The summed E-state index contributed by atoms with van der Waals surface area (Å²) in [4.78, 5) is 4.11. The second-order valence-corrected chi connectivity index (χ2v) is 2.77. The van der Waals surface area contributed by atoms with Crippen LogP contribution < -0.4 is 4.74 Å².